The minimum atomic E-state index is -3.32. The van der Waals surface area contributed by atoms with Crippen LogP contribution < -0.4 is 5.32 Å². The molecule has 2 rings (SSSR count). The van der Waals surface area contributed by atoms with Gasteiger partial charge in [0.2, 0.25) is 10.0 Å². The molecule has 0 bridgehead atoms. The van der Waals surface area contributed by atoms with Crippen LogP contribution in [0.4, 0.5) is 0 Å². The van der Waals surface area contributed by atoms with Crippen molar-refractivity contribution in [3.05, 3.63) is 16.3 Å². The van der Waals surface area contributed by atoms with E-state index in [9.17, 15) is 8.42 Å². The predicted octanol–water partition coefficient (Wildman–Crippen LogP) is 2.67. The summed E-state index contributed by atoms with van der Waals surface area (Å²) < 4.78 is 26.3. The van der Waals surface area contributed by atoms with Gasteiger partial charge in [0.15, 0.2) is 0 Å². The van der Waals surface area contributed by atoms with E-state index in [1.165, 1.54) is 28.5 Å². The molecule has 0 aliphatic heterocycles. The lowest BCUT2D eigenvalue weighted by molar-refractivity contribution is 0.428. The fraction of sp³-hybridized carbons (Fsp3) is 0.714. The van der Waals surface area contributed by atoms with Gasteiger partial charge in [-0.15, -0.1) is 11.3 Å². The average molecular weight is 316 g/mol. The summed E-state index contributed by atoms with van der Waals surface area (Å²) >= 11 is 1.52. The Hall–Kier alpha value is -0.430. The number of thiophene rings is 1. The molecule has 4 nitrogen and oxygen atoms in total. The van der Waals surface area contributed by atoms with Crippen LogP contribution in [0.1, 0.15) is 38.0 Å². The number of hydrogen-bond donors (Lipinski definition) is 1. The molecule has 1 aliphatic rings. The van der Waals surface area contributed by atoms with Crippen molar-refractivity contribution >= 4 is 21.4 Å². The number of nitrogens with one attached hydrogen (secondary N) is 1. The highest BCUT2D eigenvalue weighted by molar-refractivity contribution is 7.89. The summed E-state index contributed by atoms with van der Waals surface area (Å²) in [5, 5.41) is 5.16. The number of hydrogen-bond acceptors (Lipinski definition) is 4. The van der Waals surface area contributed by atoms with E-state index in [0.717, 1.165) is 17.8 Å². The largest absolute Gasteiger partial charge is 0.309 e. The fourth-order valence-corrected chi connectivity index (χ4v) is 4.26. The normalized spacial score (nSPS) is 16.2. The van der Waals surface area contributed by atoms with Gasteiger partial charge in [-0.05, 0) is 31.2 Å². The minimum absolute atomic E-state index is 0.432. The third-order valence-electron chi connectivity index (χ3n) is 3.50. The second-order valence-corrected chi connectivity index (χ2v) is 8.95. The topological polar surface area (TPSA) is 49.4 Å². The Labute approximate surface area is 126 Å². The van der Waals surface area contributed by atoms with E-state index < -0.39 is 10.0 Å². The molecule has 0 radical (unpaired) electrons. The predicted molar refractivity (Wildman–Crippen MR) is 83.5 cm³/mol. The SMILES string of the molecule is CC(C)CCN(C)S(=O)(=O)c1csc(CNC2CC2)c1. The van der Waals surface area contributed by atoms with Crippen LogP contribution >= 0.6 is 11.3 Å². The molecule has 1 aromatic rings. The Balaban J connectivity index is 1.96. The Morgan fingerprint density at radius 1 is 1.45 bits per heavy atom. The number of sulfonamides is 1. The standard InChI is InChI=1S/C14H24N2O2S2/c1-11(2)6-7-16(3)20(17,18)14-8-13(19-10-14)9-15-12-4-5-12/h8,10-12,15H,4-7,9H2,1-3H3. The van der Waals surface area contributed by atoms with Crippen LogP contribution in [0.5, 0.6) is 0 Å². The number of rotatable bonds is 8. The van der Waals surface area contributed by atoms with Crippen LogP contribution in [0.2, 0.25) is 0 Å². The highest BCUT2D eigenvalue weighted by atomic mass is 32.2. The van der Waals surface area contributed by atoms with Crippen LogP contribution in [0.15, 0.2) is 16.3 Å². The maximum absolute atomic E-state index is 12.4. The van der Waals surface area contributed by atoms with Crippen molar-refractivity contribution < 1.29 is 8.42 Å². The molecule has 0 unspecified atom stereocenters. The van der Waals surface area contributed by atoms with E-state index in [4.69, 9.17) is 0 Å². The average Bonchev–Trinajstić information content (AvgIpc) is 3.09. The van der Waals surface area contributed by atoms with Crippen molar-refractivity contribution in [3.8, 4) is 0 Å². The molecule has 0 spiro atoms. The van der Waals surface area contributed by atoms with Crippen LogP contribution in [-0.4, -0.2) is 32.4 Å². The van der Waals surface area contributed by atoms with Crippen LogP contribution in [0.3, 0.4) is 0 Å². The molecule has 0 atom stereocenters. The molecular weight excluding hydrogens is 292 g/mol. The Morgan fingerprint density at radius 3 is 2.75 bits per heavy atom. The molecule has 1 fully saturated rings. The smallest absolute Gasteiger partial charge is 0.243 e. The zero-order chi connectivity index (χ0) is 14.8. The second kappa shape index (κ2) is 6.56. The molecule has 0 amide bonds. The van der Waals surface area contributed by atoms with Gasteiger partial charge in [0, 0.05) is 36.4 Å². The summed E-state index contributed by atoms with van der Waals surface area (Å²) in [4.78, 5) is 1.52. The molecule has 0 saturated heterocycles. The third kappa shape index (κ3) is 4.28. The van der Waals surface area contributed by atoms with E-state index in [1.54, 1.807) is 18.5 Å². The molecule has 6 heteroatoms. The summed E-state index contributed by atoms with van der Waals surface area (Å²) in [6.07, 6.45) is 3.37. The third-order valence-corrected chi connectivity index (χ3v) is 6.42. The molecule has 1 saturated carbocycles. The molecule has 0 aromatic carbocycles. The Morgan fingerprint density at radius 2 is 2.15 bits per heavy atom. The van der Waals surface area contributed by atoms with Crippen molar-refractivity contribution in [1.29, 1.82) is 0 Å². The first-order valence-corrected chi connectivity index (χ1v) is 9.48. The molecule has 1 aliphatic carbocycles. The highest BCUT2D eigenvalue weighted by Gasteiger charge is 2.23. The summed E-state index contributed by atoms with van der Waals surface area (Å²) in [7, 11) is -1.66. The van der Waals surface area contributed by atoms with Gasteiger partial charge in [0.1, 0.15) is 0 Å². The first kappa shape index (κ1) is 15.9. The summed E-state index contributed by atoms with van der Waals surface area (Å²) in [6.45, 7) is 5.56. The van der Waals surface area contributed by atoms with Gasteiger partial charge in [0.05, 0.1) is 4.90 Å². The van der Waals surface area contributed by atoms with E-state index in [0.29, 0.717) is 23.4 Å². The first-order valence-electron chi connectivity index (χ1n) is 7.16. The van der Waals surface area contributed by atoms with E-state index >= 15 is 0 Å². The molecule has 1 N–H and O–H groups in total. The quantitative estimate of drug-likeness (QED) is 0.802. The first-order chi connectivity index (χ1) is 9.39. The van der Waals surface area contributed by atoms with Crippen LogP contribution in [0.25, 0.3) is 0 Å². The lowest BCUT2D eigenvalue weighted by atomic mass is 10.1. The maximum atomic E-state index is 12.4. The molecular formula is C14H24N2O2S2. The van der Waals surface area contributed by atoms with Gasteiger partial charge in [-0.25, -0.2) is 12.7 Å². The molecule has 114 valence electrons. The van der Waals surface area contributed by atoms with Crippen molar-refractivity contribution in [3.63, 3.8) is 0 Å². The van der Waals surface area contributed by atoms with Gasteiger partial charge in [-0.2, -0.15) is 0 Å². The second-order valence-electron chi connectivity index (χ2n) is 5.91. The zero-order valence-corrected chi connectivity index (χ0v) is 14.1. The molecule has 1 heterocycles. The number of nitrogens with zero attached hydrogens (tertiary/aromatic N) is 1. The van der Waals surface area contributed by atoms with E-state index in [1.807, 2.05) is 0 Å². The monoisotopic (exact) mass is 316 g/mol. The lowest BCUT2D eigenvalue weighted by Gasteiger charge is -2.17. The lowest BCUT2D eigenvalue weighted by Crippen LogP contribution is -2.28. The Bertz CT molecular complexity index is 533. The zero-order valence-electron chi connectivity index (χ0n) is 12.4. The molecule has 1 aromatic heterocycles. The Kier molecular flexibility index (Phi) is 5.23. The van der Waals surface area contributed by atoms with Crippen molar-refractivity contribution in [2.75, 3.05) is 13.6 Å². The van der Waals surface area contributed by atoms with Crippen LogP contribution in [0, 0.1) is 5.92 Å². The minimum Gasteiger partial charge on any atom is -0.309 e. The summed E-state index contributed by atoms with van der Waals surface area (Å²) in [5.41, 5.74) is 0. The van der Waals surface area contributed by atoms with Crippen molar-refractivity contribution in [2.24, 2.45) is 5.92 Å². The fourth-order valence-electron chi connectivity index (χ4n) is 1.86. The maximum Gasteiger partial charge on any atom is 0.243 e. The van der Waals surface area contributed by atoms with Gasteiger partial charge in [0.25, 0.3) is 0 Å². The van der Waals surface area contributed by atoms with Gasteiger partial charge in [-0.3, -0.25) is 0 Å². The van der Waals surface area contributed by atoms with E-state index in [-0.39, 0.29) is 0 Å². The summed E-state index contributed by atoms with van der Waals surface area (Å²) in [6, 6.07) is 2.45. The van der Waals surface area contributed by atoms with Crippen molar-refractivity contribution in [2.45, 2.75) is 50.6 Å². The van der Waals surface area contributed by atoms with Gasteiger partial charge >= 0.3 is 0 Å². The van der Waals surface area contributed by atoms with Crippen molar-refractivity contribution in [1.82, 2.24) is 9.62 Å². The molecule has 20 heavy (non-hydrogen) atoms. The summed E-state index contributed by atoms with van der Waals surface area (Å²) in [5.74, 6) is 0.508. The van der Waals surface area contributed by atoms with Crippen LogP contribution in [-0.2, 0) is 16.6 Å². The van der Waals surface area contributed by atoms with Gasteiger partial charge < -0.3 is 5.32 Å². The highest BCUT2D eigenvalue weighted by Crippen LogP contribution is 2.24. The van der Waals surface area contributed by atoms with Gasteiger partial charge in [-0.1, -0.05) is 13.8 Å². The van der Waals surface area contributed by atoms with E-state index in [2.05, 4.69) is 19.2 Å².